The molecule has 0 radical (unpaired) electrons. The molecule has 4 atom stereocenters. The normalized spacial score (nSPS) is 41.7. The number of allylic oxidation sites excluding steroid dienone is 3. The van der Waals surface area contributed by atoms with Crippen molar-refractivity contribution in [1.29, 1.82) is 0 Å². The number of cyclic esters (lactones) is 1. The first-order valence-corrected chi connectivity index (χ1v) is 6.72. The van der Waals surface area contributed by atoms with Crippen LogP contribution in [0.2, 0.25) is 0 Å². The Labute approximate surface area is 105 Å². The summed E-state index contributed by atoms with van der Waals surface area (Å²) in [5.74, 6) is 1.94. The van der Waals surface area contributed by atoms with Crippen molar-refractivity contribution in [2.45, 2.75) is 12.8 Å². The largest absolute Gasteiger partial charge is 0.429 e. The lowest BCUT2D eigenvalue weighted by Gasteiger charge is -2.38. The Morgan fingerprint density at radius 1 is 1.20 bits per heavy atom. The number of halogens is 2. The van der Waals surface area contributed by atoms with Crippen LogP contribution in [0.15, 0.2) is 21.3 Å². The fourth-order valence-electron chi connectivity index (χ4n) is 3.08. The number of esters is 1. The molecule has 0 aromatic rings. The van der Waals surface area contributed by atoms with Crippen LogP contribution in [0.4, 0.5) is 0 Å². The van der Waals surface area contributed by atoms with Crippen LogP contribution in [0.1, 0.15) is 12.8 Å². The number of rotatable bonds is 0. The van der Waals surface area contributed by atoms with Gasteiger partial charge in [0.2, 0.25) is 0 Å². The van der Waals surface area contributed by atoms with E-state index in [1.54, 1.807) is 0 Å². The highest BCUT2D eigenvalue weighted by molar-refractivity contribution is 9.28. The number of hydrogen-bond donors (Lipinski definition) is 0. The fourth-order valence-corrected chi connectivity index (χ4v) is 3.77. The topological polar surface area (TPSA) is 26.3 Å². The Morgan fingerprint density at radius 2 is 1.80 bits per heavy atom. The van der Waals surface area contributed by atoms with Gasteiger partial charge in [-0.05, 0) is 56.5 Å². The molecule has 1 saturated heterocycles. The second-order valence-corrected chi connectivity index (χ2v) is 7.04. The van der Waals surface area contributed by atoms with E-state index in [-0.39, 0.29) is 17.8 Å². The van der Waals surface area contributed by atoms with E-state index in [2.05, 4.69) is 44.0 Å². The molecule has 0 aromatic heterocycles. The minimum Gasteiger partial charge on any atom is -0.429 e. The van der Waals surface area contributed by atoms with Crippen LogP contribution < -0.4 is 0 Å². The van der Waals surface area contributed by atoms with Gasteiger partial charge in [-0.1, -0.05) is 12.2 Å². The van der Waals surface area contributed by atoms with Gasteiger partial charge < -0.3 is 4.74 Å². The molecule has 4 heteroatoms. The maximum Gasteiger partial charge on any atom is 0.315 e. The lowest BCUT2D eigenvalue weighted by molar-refractivity contribution is -0.141. The van der Waals surface area contributed by atoms with E-state index in [9.17, 15) is 4.79 Å². The molecule has 1 heterocycles. The lowest BCUT2D eigenvalue weighted by Crippen LogP contribution is -2.36. The Balaban J connectivity index is 2.08. The summed E-state index contributed by atoms with van der Waals surface area (Å²) < 4.78 is 6.15. The van der Waals surface area contributed by atoms with E-state index in [1.165, 1.54) is 6.42 Å². The first-order chi connectivity index (χ1) is 7.18. The molecule has 0 unspecified atom stereocenters. The summed E-state index contributed by atoms with van der Waals surface area (Å²) in [4.78, 5) is 11.8. The third-order valence-corrected chi connectivity index (χ3v) is 4.50. The molecule has 1 aliphatic heterocycles. The zero-order chi connectivity index (χ0) is 10.6. The van der Waals surface area contributed by atoms with Crippen molar-refractivity contribution in [1.82, 2.24) is 0 Å². The van der Waals surface area contributed by atoms with Gasteiger partial charge in [0, 0.05) is 5.92 Å². The summed E-state index contributed by atoms with van der Waals surface area (Å²) >= 11 is 6.71. The average molecular weight is 334 g/mol. The summed E-state index contributed by atoms with van der Waals surface area (Å²) in [5, 5.41) is 0. The lowest BCUT2D eigenvalue weighted by atomic mass is 9.63. The zero-order valence-corrected chi connectivity index (χ0v) is 11.1. The second-order valence-electron chi connectivity index (χ2n) is 4.39. The third-order valence-electron chi connectivity index (χ3n) is 3.72. The van der Waals surface area contributed by atoms with E-state index in [0.717, 1.165) is 15.6 Å². The average Bonchev–Trinajstić information content (AvgIpc) is 2.61. The Bertz CT molecular complexity index is 382. The third kappa shape index (κ3) is 1.37. The van der Waals surface area contributed by atoms with Crippen LogP contribution in [0.25, 0.3) is 0 Å². The zero-order valence-electron chi connectivity index (χ0n) is 7.95. The maximum absolute atomic E-state index is 11.8. The van der Waals surface area contributed by atoms with Crippen LogP contribution in [-0.4, -0.2) is 5.97 Å². The highest BCUT2D eigenvalue weighted by Gasteiger charge is 2.53. The minimum atomic E-state index is -0.0505. The van der Waals surface area contributed by atoms with Crippen molar-refractivity contribution >= 4 is 37.8 Å². The number of carbonyl (C=O) groups excluding carboxylic acids is 1. The monoisotopic (exact) mass is 332 g/mol. The predicted molar refractivity (Wildman–Crippen MR) is 63.3 cm³/mol. The predicted octanol–water partition coefficient (Wildman–Crippen LogP) is 3.33. The molecule has 3 aliphatic carbocycles. The molecule has 0 amide bonds. The summed E-state index contributed by atoms with van der Waals surface area (Å²) in [5.41, 5.74) is 0. The van der Waals surface area contributed by atoms with E-state index in [4.69, 9.17) is 4.74 Å². The van der Waals surface area contributed by atoms with Gasteiger partial charge in [0.1, 0.15) is 5.76 Å². The van der Waals surface area contributed by atoms with Crippen molar-refractivity contribution in [2.75, 3.05) is 0 Å². The Morgan fingerprint density at radius 3 is 2.33 bits per heavy atom. The van der Waals surface area contributed by atoms with Crippen molar-refractivity contribution in [3.05, 3.63) is 21.3 Å². The maximum atomic E-state index is 11.8. The molecule has 0 N–H and O–H groups in total. The number of fused-ring (bicyclic) bond motifs is 1. The van der Waals surface area contributed by atoms with Gasteiger partial charge in [0.15, 0.2) is 0 Å². The quantitative estimate of drug-likeness (QED) is 0.502. The van der Waals surface area contributed by atoms with E-state index >= 15 is 0 Å². The van der Waals surface area contributed by atoms with Gasteiger partial charge in [-0.2, -0.15) is 0 Å². The molecule has 0 spiro atoms. The van der Waals surface area contributed by atoms with Crippen molar-refractivity contribution < 1.29 is 9.53 Å². The molecule has 2 fully saturated rings. The number of ether oxygens (including phenoxy) is 1. The van der Waals surface area contributed by atoms with Gasteiger partial charge in [0.05, 0.1) is 9.31 Å². The molecular weight excluding hydrogens is 324 g/mol. The molecule has 0 aromatic carbocycles. The molecule has 4 aliphatic rings. The standard InChI is InChI=1S/C11H10Br2O2/c12-10(13)9-7-5-1-3-6(4-2-5)8(7)11(14)15-9/h1,3,5-8H,2,4H2/t5-,6+,7-,8-/m1/s1. The second kappa shape index (κ2) is 3.45. The summed E-state index contributed by atoms with van der Waals surface area (Å²) in [6.45, 7) is 0. The van der Waals surface area contributed by atoms with Crippen LogP contribution in [0, 0.1) is 23.7 Å². The van der Waals surface area contributed by atoms with Crippen LogP contribution in [-0.2, 0) is 9.53 Å². The van der Waals surface area contributed by atoms with Crippen LogP contribution in [0.5, 0.6) is 0 Å². The molecule has 1 saturated carbocycles. The van der Waals surface area contributed by atoms with Crippen molar-refractivity contribution in [3.8, 4) is 0 Å². The van der Waals surface area contributed by atoms with Crippen LogP contribution in [0.3, 0.4) is 0 Å². The van der Waals surface area contributed by atoms with Gasteiger partial charge in [-0.25, -0.2) is 0 Å². The minimum absolute atomic E-state index is 0.0505. The van der Waals surface area contributed by atoms with Gasteiger partial charge >= 0.3 is 5.97 Å². The van der Waals surface area contributed by atoms with Crippen molar-refractivity contribution in [2.24, 2.45) is 23.7 Å². The van der Waals surface area contributed by atoms with E-state index in [1.807, 2.05) is 0 Å². The summed E-state index contributed by atoms with van der Waals surface area (Å²) in [6, 6.07) is 0. The first-order valence-electron chi connectivity index (χ1n) is 5.13. The fraction of sp³-hybridized carbons (Fsp3) is 0.545. The molecule has 2 bridgehead atoms. The van der Waals surface area contributed by atoms with E-state index < -0.39 is 0 Å². The van der Waals surface area contributed by atoms with Gasteiger partial charge in [-0.15, -0.1) is 0 Å². The SMILES string of the molecule is O=C1OC(=C(Br)Br)[C@H]2[C@H]1[C@H]1C=C[C@@H]2CC1. The smallest absolute Gasteiger partial charge is 0.315 e. The summed E-state index contributed by atoms with van der Waals surface area (Å²) in [6.07, 6.45) is 6.75. The molecule has 4 rings (SSSR count). The Kier molecular flexibility index (Phi) is 2.32. The number of carbonyl (C=O) groups is 1. The highest BCUT2D eigenvalue weighted by Crippen LogP contribution is 2.53. The molecular formula is C11H10Br2O2. The highest BCUT2D eigenvalue weighted by atomic mass is 79.9. The Hall–Kier alpha value is -0.0900. The first kappa shape index (κ1) is 10.1. The van der Waals surface area contributed by atoms with Gasteiger partial charge in [-0.3, -0.25) is 4.79 Å². The van der Waals surface area contributed by atoms with Gasteiger partial charge in [0.25, 0.3) is 0 Å². The molecule has 2 nitrogen and oxygen atoms in total. The van der Waals surface area contributed by atoms with Crippen molar-refractivity contribution in [3.63, 3.8) is 0 Å². The van der Waals surface area contributed by atoms with Crippen LogP contribution >= 0.6 is 31.9 Å². The van der Waals surface area contributed by atoms with E-state index in [0.29, 0.717) is 11.8 Å². The molecule has 80 valence electrons. The molecule has 15 heavy (non-hydrogen) atoms. The number of hydrogen-bond acceptors (Lipinski definition) is 2. The summed E-state index contributed by atoms with van der Waals surface area (Å²) in [7, 11) is 0.